The molecule has 0 aliphatic rings. The highest BCUT2D eigenvalue weighted by Crippen LogP contribution is 2.27. The Morgan fingerprint density at radius 3 is 2.71 bits per heavy atom. The van der Waals surface area contributed by atoms with Gasteiger partial charge in [0.2, 0.25) is 5.91 Å². The second-order valence-electron chi connectivity index (χ2n) is 3.92. The van der Waals surface area contributed by atoms with Gasteiger partial charge in [0.25, 0.3) is 0 Å². The quantitative estimate of drug-likeness (QED) is 0.509. The Morgan fingerprint density at radius 2 is 2.18 bits per heavy atom. The third-order valence-corrected chi connectivity index (χ3v) is 2.97. The number of ether oxygens (including phenoxy) is 1. The summed E-state index contributed by atoms with van der Waals surface area (Å²) in [6.07, 6.45) is 0.895. The van der Waals surface area contributed by atoms with E-state index in [0.29, 0.717) is 17.9 Å². The number of hydrazine groups is 1. The first-order valence-corrected chi connectivity index (χ1v) is 5.67. The molecule has 94 valence electrons. The monoisotopic (exact) mass is 256 g/mol. The summed E-state index contributed by atoms with van der Waals surface area (Å²) in [7, 11) is 3.13. The highest BCUT2D eigenvalue weighted by Gasteiger charge is 2.10. The number of hydrogen-bond acceptors (Lipinski definition) is 3. The lowest BCUT2D eigenvalue weighted by Gasteiger charge is -2.13. The molecule has 2 N–H and O–H groups in total. The lowest BCUT2D eigenvalue weighted by molar-refractivity contribution is -0.130. The number of methoxy groups -OCH3 is 1. The molecule has 0 unspecified atom stereocenters. The molecule has 0 spiro atoms. The van der Waals surface area contributed by atoms with Crippen molar-refractivity contribution in [1.82, 2.24) is 5.01 Å². The van der Waals surface area contributed by atoms with Gasteiger partial charge in [-0.25, -0.2) is 5.84 Å². The maximum absolute atomic E-state index is 11.4. The Labute approximate surface area is 106 Å². The van der Waals surface area contributed by atoms with Crippen LogP contribution < -0.4 is 10.6 Å². The molecule has 1 rings (SSSR count). The molecule has 0 aliphatic heterocycles. The number of halogens is 1. The number of aryl methyl sites for hydroxylation is 2. The number of benzene rings is 1. The number of nitrogens with two attached hydrogens (primary N) is 1. The van der Waals surface area contributed by atoms with Gasteiger partial charge in [-0.3, -0.25) is 9.80 Å². The van der Waals surface area contributed by atoms with Crippen LogP contribution in [0.1, 0.15) is 17.5 Å². The predicted octanol–water partition coefficient (Wildman–Crippen LogP) is 1.92. The smallest absolute Gasteiger partial charge is 0.236 e. The summed E-state index contributed by atoms with van der Waals surface area (Å²) in [5.74, 6) is 5.98. The van der Waals surface area contributed by atoms with E-state index in [1.54, 1.807) is 7.11 Å². The maximum atomic E-state index is 11.4. The summed E-state index contributed by atoms with van der Waals surface area (Å²) < 4.78 is 5.26. The molecule has 0 saturated heterocycles. The Kier molecular flexibility index (Phi) is 4.78. The van der Waals surface area contributed by atoms with Crippen LogP contribution >= 0.6 is 11.6 Å². The summed E-state index contributed by atoms with van der Waals surface area (Å²) in [6, 6.07) is 3.70. The van der Waals surface area contributed by atoms with Crippen LogP contribution in [0.25, 0.3) is 0 Å². The summed E-state index contributed by atoms with van der Waals surface area (Å²) in [4.78, 5) is 11.4. The highest BCUT2D eigenvalue weighted by molar-refractivity contribution is 6.31. The molecule has 0 saturated carbocycles. The van der Waals surface area contributed by atoms with Crippen molar-refractivity contribution in [2.24, 2.45) is 5.84 Å². The van der Waals surface area contributed by atoms with Crippen molar-refractivity contribution in [3.8, 4) is 5.75 Å². The number of hydrogen-bond donors (Lipinski definition) is 1. The first kappa shape index (κ1) is 13.8. The second kappa shape index (κ2) is 5.89. The van der Waals surface area contributed by atoms with E-state index in [0.717, 1.165) is 21.9 Å². The molecule has 0 atom stereocenters. The average Bonchev–Trinajstić information content (AvgIpc) is 2.29. The molecule has 5 heteroatoms. The van der Waals surface area contributed by atoms with Crippen LogP contribution in [0.2, 0.25) is 5.02 Å². The van der Waals surface area contributed by atoms with Crippen LogP contribution in [0.5, 0.6) is 5.75 Å². The normalized spacial score (nSPS) is 10.2. The number of rotatable bonds is 4. The van der Waals surface area contributed by atoms with E-state index in [1.165, 1.54) is 7.05 Å². The van der Waals surface area contributed by atoms with Crippen molar-refractivity contribution in [3.63, 3.8) is 0 Å². The van der Waals surface area contributed by atoms with Crippen LogP contribution in [-0.4, -0.2) is 25.1 Å². The molecular weight excluding hydrogens is 240 g/mol. The van der Waals surface area contributed by atoms with E-state index >= 15 is 0 Å². The van der Waals surface area contributed by atoms with Gasteiger partial charge in [0, 0.05) is 18.5 Å². The third kappa shape index (κ3) is 3.61. The first-order valence-electron chi connectivity index (χ1n) is 5.30. The van der Waals surface area contributed by atoms with E-state index < -0.39 is 0 Å². The van der Waals surface area contributed by atoms with Gasteiger partial charge in [-0.15, -0.1) is 0 Å². The molecular formula is C12H17ClN2O2. The summed E-state index contributed by atoms with van der Waals surface area (Å²) in [5, 5.41) is 1.76. The molecule has 17 heavy (non-hydrogen) atoms. The molecule has 0 radical (unpaired) electrons. The molecule has 1 aromatic carbocycles. The minimum Gasteiger partial charge on any atom is -0.496 e. The van der Waals surface area contributed by atoms with Crippen molar-refractivity contribution < 1.29 is 9.53 Å². The number of carbonyl (C=O) groups excluding carboxylic acids is 1. The molecule has 0 bridgehead atoms. The minimum atomic E-state index is -0.122. The summed E-state index contributed by atoms with van der Waals surface area (Å²) in [5.41, 5.74) is 1.87. The zero-order chi connectivity index (χ0) is 13.0. The largest absolute Gasteiger partial charge is 0.496 e. The van der Waals surface area contributed by atoms with Gasteiger partial charge in [0.1, 0.15) is 5.75 Å². The predicted molar refractivity (Wildman–Crippen MR) is 68.0 cm³/mol. The standard InChI is InChI=1S/C12H17ClN2O2/c1-8-6-11(17-3)9(7-10(8)13)4-5-12(16)15(2)14/h6-7H,4-5,14H2,1-3H3. The van der Waals surface area contributed by atoms with Gasteiger partial charge in [0.05, 0.1) is 7.11 Å². The minimum absolute atomic E-state index is 0.122. The molecule has 1 aromatic rings. The van der Waals surface area contributed by atoms with E-state index in [9.17, 15) is 4.79 Å². The highest BCUT2D eigenvalue weighted by atomic mass is 35.5. The summed E-state index contributed by atoms with van der Waals surface area (Å²) in [6.45, 7) is 1.91. The van der Waals surface area contributed by atoms with Gasteiger partial charge < -0.3 is 4.74 Å². The topological polar surface area (TPSA) is 55.6 Å². The van der Waals surface area contributed by atoms with E-state index in [-0.39, 0.29) is 5.91 Å². The van der Waals surface area contributed by atoms with Crippen LogP contribution in [0.15, 0.2) is 12.1 Å². The van der Waals surface area contributed by atoms with E-state index in [2.05, 4.69) is 0 Å². The van der Waals surface area contributed by atoms with Crippen molar-refractivity contribution in [2.75, 3.05) is 14.2 Å². The third-order valence-electron chi connectivity index (χ3n) is 2.56. The molecule has 0 aliphatic carbocycles. The molecule has 0 fully saturated rings. The van der Waals surface area contributed by atoms with Gasteiger partial charge in [-0.1, -0.05) is 11.6 Å². The molecule has 4 nitrogen and oxygen atoms in total. The molecule has 1 amide bonds. The summed E-state index contributed by atoms with van der Waals surface area (Å²) >= 11 is 6.05. The maximum Gasteiger partial charge on any atom is 0.236 e. The fourth-order valence-corrected chi connectivity index (χ4v) is 1.69. The second-order valence-corrected chi connectivity index (χ2v) is 4.33. The van der Waals surface area contributed by atoms with Gasteiger partial charge in [-0.05, 0) is 36.6 Å². The lowest BCUT2D eigenvalue weighted by atomic mass is 10.1. The Bertz CT molecular complexity index is 419. The first-order chi connectivity index (χ1) is 7.95. The van der Waals surface area contributed by atoms with Crippen LogP contribution in [0.4, 0.5) is 0 Å². The van der Waals surface area contributed by atoms with Gasteiger partial charge >= 0.3 is 0 Å². The average molecular weight is 257 g/mol. The SMILES string of the molecule is COc1cc(C)c(Cl)cc1CCC(=O)N(C)N. The zero-order valence-electron chi connectivity index (χ0n) is 10.3. The fourth-order valence-electron chi connectivity index (χ4n) is 1.50. The number of nitrogens with zero attached hydrogens (tertiary/aromatic N) is 1. The Balaban J connectivity index is 2.83. The fraction of sp³-hybridized carbons (Fsp3) is 0.417. The van der Waals surface area contributed by atoms with Crippen molar-refractivity contribution in [3.05, 3.63) is 28.3 Å². The molecule has 0 heterocycles. The van der Waals surface area contributed by atoms with Crippen molar-refractivity contribution in [2.45, 2.75) is 19.8 Å². The number of carbonyl (C=O) groups is 1. The van der Waals surface area contributed by atoms with E-state index in [1.807, 2.05) is 19.1 Å². The number of amides is 1. The Hall–Kier alpha value is -1.26. The van der Waals surface area contributed by atoms with Crippen LogP contribution in [-0.2, 0) is 11.2 Å². The van der Waals surface area contributed by atoms with Gasteiger partial charge in [-0.2, -0.15) is 0 Å². The van der Waals surface area contributed by atoms with Crippen molar-refractivity contribution in [1.29, 1.82) is 0 Å². The Morgan fingerprint density at radius 1 is 1.53 bits per heavy atom. The van der Waals surface area contributed by atoms with E-state index in [4.69, 9.17) is 22.2 Å². The zero-order valence-corrected chi connectivity index (χ0v) is 11.0. The van der Waals surface area contributed by atoms with Gasteiger partial charge in [0.15, 0.2) is 0 Å². The molecule has 0 aromatic heterocycles. The van der Waals surface area contributed by atoms with Crippen LogP contribution in [0.3, 0.4) is 0 Å². The lowest BCUT2D eigenvalue weighted by Crippen LogP contribution is -2.33. The van der Waals surface area contributed by atoms with Crippen molar-refractivity contribution >= 4 is 17.5 Å². The van der Waals surface area contributed by atoms with Crippen LogP contribution in [0, 0.1) is 6.92 Å².